The second-order valence-corrected chi connectivity index (χ2v) is 8.44. The van der Waals surface area contributed by atoms with E-state index in [0.29, 0.717) is 6.61 Å². The average molecular weight is 412 g/mol. The first-order valence-corrected chi connectivity index (χ1v) is 10.2. The van der Waals surface area contributed by atoms with Gasteiger partial charge in [-0.2, -0.15) is 0 Å². The van der Waals surface area contributed by atoms with Crippen molar-refractivity contribution in [2.45, 2.75) is 51.9 Å². The number of piperidine rings is 1. The molecule has 1 aliphatic rings. The number of nitrogens with zero attached hydrogens (tertiary/aromatic N) is 2. The van der Waals surface area contributed by atoms with E-state index in [1.807, 2.05) is 30.3 Å². The number of hydrogen-bond acceptors (Lipinski definition) is 6. The first-order chi connectivity index (χ1) is 14.2. The summed E-state index contributed by atoms with van der Waals surface area (Å²) in [5.74, 6) is -0.686. The predicted molar refractivity (Wildman–Crippen MR) is 115 cm³/mol. The van der Waals surface area contributed by atoms with Crippen molar-refractivity contribution in [2.75, 3.05) is 18.0 Å². The lowest BCUT2D eigenvalue weighted by Gasteiger charge is -2.33. The first kappa shape index (κ1) is 21.8. The van der Waals surface area contributed by atoms with Gasteiger partial charge in [0.1, 0.15) is 11.2 Å². The van der Waals surface area contributed by atoms with Gasteiger partial charge in [-0.3, -0.25) is 10.1 Å². The molecule has 1 saturated heterocycles. The third-order valence-corrected chi connectivity index (χ3v) is 4.93. The Kier molecular flexibility index (Phi) is 6.72. The van der Waals surface area contributed by atoms with Crippen molar-refractivity contribution >= 4 is 17.3 Å². The quantitative estimate of drug-likeness (QED) is 0.387. The number of rotatable bonds is 6. The van der Waals surface area contributed by atoms with Gasteiger partial charge in [-0.05, 0) is 51.3 Å². The number of hydrogen-bond donors (Lipinski definition) is 0. The largest absolute Gasteiger partial charge is 0.456 e. The van der Waals surface area contributed by atoms with Gasteiger partial charge in [-0.25, -0.2) is 4.79 Å². The number of carbonyl (C=O) groups is 1. The second-order valence-electron chi connectivity index (χ2n) is 8.44. The number of esters is 1. The molecule has 0 aliphatic carbocycles. The van der Waals surface area contributed by atoms with Gasteiger partial charge in [0.25, 0.3) is 5.69 Å². The maximum atomic E-state index is 12.3. The van der Waals surface area contributed by atoms with E-state index >= 15 is 0 Å². The molecule has 0 amide bonds. The van der Waals surface area contributed by atoms with Crippen molar-refractivity contribution in [3.8, 4) is 0 Å². The molecule has 7 nitrogen and oxygen atoms in total. The fraction of sp³-hybridized carbons (Fsp3) is 0.435. The normalized spacial score (nSPS) is 15.1. The summed E-state index contributed by atoms with van der Waals surface area (Å²) in [6.07, 6.45) is 1.85. The summed E-state index contributed by atoms with van der Waals surface area (Å²) in [4.78, 5) is 25.5. The van der Waals surface area contributed by atoms with Crippen molar-refractivity contribution < 1.29 is 19.2 Å². The van der Waals surface area contributed by atoms with Gasteiger partial charge in [0.15, 0.2) is 0 Å². The van der Waals surface area contributed by atoms with E-state index in [1.54, 1.807) is 26.8 Å². The molecular weight excluding hydrogens is 384 g/mol. The van der Waals surface area contributed by atoms with E-state index in [4.69, 9.17) is 9.47 Å². The zero-order valence-electron chi connectivity index (χ0n) is 17.7. The molecule has 160 valence electrons. The highest BCUT2D eigenvalue weighted by Crippen LogP contribution is 2.29. The van der Waals surface area contributed by atoms with E-state index in [0.717, 1.165) is 37.2 Å². The van der Waals surface area contributed by atoms with Gasteiger partial charge in [0.2, 0.25) is 0 Å². The minimum atomic E-state index is -0.717. The second kappa shape index (κ2) is 9.26. The third-order valence-electron chi connectivity index (χ3n) is 4.93. The summed E-state index contributed by atoms with van der Waals surface area (Å²) in [6, 6.07) is 14.8. The van der Waals surface area contributed by atoms with Crippen LogP contribution in [-0.2, 0) is 16.1 Å². The fourth-order valence-corrected chi connectivity index (χ4v) is 3.44. The maximum Gasteiger partial charge on any atom is 0.345 e. The Hall–Kier alpha value is -2.93. The van der Waals surface area contributed by atoms with E-state index in [2.05, 4.69) is 4.90 Å². The summed E-state index contributed by atoms with van der Waals surface area (Å²) in [7, 11) is 0. The van der Waals surface area contributed by atoms with Crippen molar-refractivity contribution in [1.29, 1.82) is 0 Å². The number of anilines is 1. The van der Waals surface area contributed by atoms with Crippen LogP contribution >= 0.6 is 0 Å². The summed E-state index contributed by atoms with van der Waals surface area (Å²) in [5.41, 5.74) is 0.901. The topological polar surface area (TPSA) is 81.9 Å². The molecule has 7 heteroatoms. The van der Waals surface area contributed by atoms with Crippen molar-refractivity contribution in [3.05, 3.63) is 69.8 Å². The Labute approximate surface area is 176 Å². The molecular formula is C23H28N2O5. The molecule has 0 spiro atoms. The van der Waals surface area contributed by atoms with Gasteiger partial charge >= 0.3 is 5.97 Å². The molecule has 2 aromatic rings. The molecule has 0 saturated carbocycles. The predicted octanol–water partition coefficient (Wildman–Crippen LogP) is 4.74. The lowest BCUT2D eigenvalue weighted by molar-refractivity contribution is -0.385. The first-order valence-electron chi connectivity index (χ1n) is 10.2. The molecule has 0 bridgehead atoms. The molecule has 2 aromatic carbocycles. The highest BCUT2D eigenvalue weighted by Gasteiger charge is 2.28. The molecule has 30 heavy (non-hydrogen) atoms. The molecule has 0 N–H and O–H groups in total. The van der Waals surface area contributed by atoms with Crippen LogP contribution in [0.2, 0.25) is 0 Å². The van der Waals surface area contributed by atoms with E-state index < -0.39 is 16.5 Å². The Morgan fingerprint density at radius 2 is 1.80 bits per heavy atom. The Bertz CT molecular complexity index is 884. The molecule has 0 aromatic heterocycles. The lowest BCUT2D eigenvalue weighted by atomic mass is 10.1. The maximum absolute atomic E-state index is 12.3. The molecule has 0 atom stereocenters. The SMILES string of the molecule is CC(C)(C)OC(=O)c1ccc(N2CCC(OCc3ccccc3)CC2)cc1[N+](=O)[O-]. The number of nitro groups is 1. The van der Waals surface area contributed by atoms with Crippen LogP contribution in [0.15, 0.2) is 48.5 Å². The van der Waals surface area contributed by atoms with Crippen LogP contribution < -0.4 is 4.90 Å². The summed E-state index contributed by atoms with van der Waals surface area (Å²) >= 11 is 0. The minimum absolute atomic E-state index is 0.0280. The average Bonchev–Trinajstić information content (AvgIpc) is 2.71. The molecule has 3 rings (SSSR count). The Morgan fingerprint density at radius 3 is 2.40 bits per heavy atom. The van der Waals surface area contributed by atoms with Crippen molar-refractivity contribution in [3.63, 3.8) is 0 Å². The van der Waals surface area contributed by atoms with Crippen LogP contribution in [0.25, 0.3) is 0 Å². The number of carbonyl (C=O) groups excluding carboxylic acids is 1. The van der Waals surface area contributed by atoms with E-state index in [-0.39, 0.29) is 17.4 Å². The van der Waals surface area contributed by atoms with Crippen LogP contribution in [0.4, 0.5) is 11.4 Å². The highest BCUT2D eigenvalue weighted by atomic mass is 16.6. The number of ether oxygens (including phenoxy) is 2. The minimum Gasteiger partial charge on any atom is -0.456 e. The molecule has 1 fully saturated rings. The zero-order valence-corrected chi connectivity index (χ0v) is 17.7. The van der Waals surface area contributed by atoms with Crippen LogP contribution in [0, 0.1) is 10.1 Å². The monoisotopic (exact) mass is 412 g/mol. The van der Waals surface area contributed by atoms with Gasteiger partial charge in [-0.1, -0.05) is 30.3 Å². The number of benzene rings is 2. The highest BCUT2D eigenvalue weighted by molar-refractivity contribution is 5.95. The van der Waals surface area contributed by atoms with Crippen molar-refractivity contribution in [1.82, 2.24) is 0 Å². The Balaban J connectivity index is 1.63. The lowest BCUT2D eigenvalue weighted by Crippen LogP contribution is -2.37. The van der Waals surface area contributed by atoms with Crippen LogP contribution in [0.5, 0.6) is 0 Å². The molecule has 0 unspecified atom stereocenters. The zero-order chi connectivity index (χ0) is 21.7. The van der Waals surface area contributed by atoms with Crippen LogP contribution in [0.1, 0.15) is 49.5 Å². The van der Waals surface area contributed by atoms with Gasteiger partial charge < -0.3 is 14.4 Å². The van der Waals surface area contributed by atoms with Crippen LogP contribution in [0.3, 0.4) is 0 Å². The Morgan fingerprint density at radius 1 is 1.13 bits per heavy atom. The van der Waals surface area contributed by atoms with E-state index in [9.17, 15) is 14.9 Å². The molecule has 1 aliphatic heterocycles. The molecule has 0 radical (unpaired) electrons. The summed E-state index contributed by atoms with van der Waals surface area (Å²) in [5, 5.41) is 11.6. The fourth-order valence-electron chi connectivity index (χ4n) is 3.44. The standard InChI is InChI=1S/C23H28N2O5/c1-23(2,3)30-22(26)20-10-9-18(15-21(20)25(27)28)24-13-11-19(12-14-24)29-16-17-7-5-4-6-8-17/h4-10,15,19H,11-14,16H2,1-3H3. The van der Waals surface area contributed by atoms with Gasteiger partial charge in [0, 0.05) is 24.8 Å². The molecule has 1 heterocycles. The third kappa shape index (κ3) is 5.79. The van der Waals surface area contributed by atoms with Gasteiger partial charge in [0.05, 0.1) is 17.6 Å². The van der Waals surface area contributed by atoms with Crippen molar-refractivity contribution in [2.24, 2.45) is 0 Å². The van der Waals surface area contributed by atoms with Gasteiger partial charge in [-0.15, -0.1) is 0 Å². The van der Waals surface area contributed by atoms with E-state index in [1.165, 1.54) is 12.1 Å². The summed E-state index contributed by atoms with van der Waals surface area (Å²) < 4.78 is 11.3. The smallest absolute Gasteiger partial charge is 0.345 e. The van der Waals surface area contributed by atoms with Crippen LogP contribution in [-0.4, -0.2) is 35.7 Å². The summed E-state index contributed by atoms with van der Waals surface area (Å²) in [6.45, 7) is 7.26. The number of nitro benzene ring substituents is 1.